The number of nitrogens with zero attached hydrogens (tertiary/aromatic N) is 2. The van der Waals surface area contributed by atoms with Gasteiger partial charge < -0.3 is 14.4 Å². The Bertz CT molecular complexity index is 488. The van der Waals surface area contributed by atoms with Crippen LogP contribution in [0.5, 0.6) is 0 Å². The van der Waals surface area contributed by atoms with Crippen molar-refractivity contribution in [2.45, 2.75) is 20.3 Å². The van der Waals surface area contributed by atoms with E-state index in [1.165, 1.54) is 14.2 Å². The lowest BCUT2D eigenvalue weighted by Crippen LogP contribution is -2.27. The highest BCUT2D eigenvalue weighted by molar-refractivity contribution is 5.90. The molecule has 20 heavy (non-hydrogen) atoms. The summed E-state index contributed by atoms with van der Waals surface area (Å²) in [5.41, 5.74) is 1.05. The molecule has 1 aromatic heterocycles. The highest BCUT2D eigenvalue weighted by Gasteiger charge is 2.14. The summed E-state index contributed by atoms with van der Waals surface area (Å²) in [7, 11) is 2.70. The third-order valence-electron chi connectivity index (χ3n) is 3.00. The van der Waals surface area contributed by atoms with E-state index in [4.69, 9.17) is 0 Å². The minimum Gasteiger partial charge on any atom is -0.469 e. The van der Waals surface area contributed by atoms with Crippen molar-refractivity contribution in [3.05, 3.63) is 23.4 Å². The number of rotatable bonds is 6. The maximum absolute atomic E-state index is 11.5. The number of anilines is 1. The van der Waals surface area contributed by atoms with Crippen molar-refractivity contribution >= 4 is 17.8 Å². The van der Waals surface area contributed by atoms with Gasteiger partial charge in [-0.3, -0.25) is 4.79 Å². The molecule has 0 aliphatic heterocycles. The van der Waals surface area contributed by atoms with Gasteiger partial charge in [-0.25, -0.2) is 9.78 Å². The van der Waals surface area contributed by atoms with Crippen LogP contribution < -0.4 is 4.90 Å². The lowest BCUT2D eigenvalue weighted by molar-refractivity contribution is -0.140. The Morgan fingerprint density at radius 1 is 1.25 bits per heavy atom. The Hall–Kier alpha value is -2.11. The van der Waals surface area contributed by atoms with Crippen molar-refractivity contribution in [2.75, 3.05) is 32.2 Å². The van der Waals surface area contributed by atoms with Crippen molar-refractivity contribution in [3.63, 3.8) is 0 Å². The molecule has 0 fully saturated rings. The van der Waals surface area contributed by atoms with E-state index in [1.807, 2.05) is 11.8 Å². The van der Waals surface area contributed by atoms with Crippen LogP contribution in [0, 0.1) is 6.92 Å². The van der Waals surface area contributed by atoms with Crippen molar-refractivity contribution < 1.29 is 19.1 Å². The summed E-state index contributed by atoms with van der Waals surface area (Å²) in [6.45, 7) is 4.96. The molecule has 0 saturated carbocycles. The predicted molar refractivity (Wildman–Crippen MR) is 74.8 cm³/mol. The zero-order valence-corrected chi connectivity index (χ0v) is 12.3. The topological polar surface area (TPSA) is 68.7 Å². The number of ether oxygens (including phenoxy) is 2. The van der Waals surface area contributed by atoms with Gasteiger partial charge in [-0.2, -0.15) is 0 Å². The number of hydrogen-bond acceptors (Lipinski definition) is 6. The molecule has 0 aliphatic rings. The molecule has 0 radical (unpaired) electrons. The summed E-state index contributed by atoms with van der Waals surface area (Å²) in [6.07, 6.45) is 0.295. The molecule has 110 valence electrons. The zero-order valence-electron chi connectivity index (χ0n) is 12.3. The Labute approximate surface area is 118 Å². The average molecular weight is 280 g/mol. The summed E-state index contributed by atoms with van der Waals surface area (Å²) in [5.74, 6) is 0.0621. The summed E-state index contributed by atoms with van der Waals surface area (Å²) in [5, 5.41) is 0. The largest absolute Gasteiger partial charge is 0.469 e. The van der Waals surface area contributed by atoms with E-state index in [9.17, 15) is 9.59 Å². The van der Waals surface area contributed by atoms with Gasteiger partial charge in [-0.05, 0) is 26.0 Å². The lowest BCUT2D eigenvalue weighted by Gasteiger charge is -2.22. The molecule has 0 aliphatic carbocycles. The molecule has 0 aromatic carbocycles. The Morgan fingerprint density at radius 2 is 1.95 bits per heavy atom. The molecule has 0 saturated heterocycles. The first kappa shape index (κ1) is 15.9. The predicted octanol–water partition coefficient (Wildman–Crippen LogP) is 1.57. The summed E-state index contributed by atoms with van der Waals surface area (Å²) in [6, 6.07) is 3.43. The summed E-state index contributed by atoms with van der Waals surface area (Å²) >= 11 is 0. The molecule has 1 heterocycles. The lowest BCUT2D eigenvalue weighted by atomic mass is 10.2. The number of hydrogen-bond donors (Lipinski definition) is 0. The number of carbonyl (C=O) groups excluding carboxylic acids is 2. The van der Waals surface area contributed by atoms with E-state index in [0.29, 0.717) is 30.8 Å². The molecule has 6 heteroatoms. The van der Waals surface area contributed by atoms with Crippen LogP contribution in [-0.2, 0) is 14.3 Å². The van der Waals surface area contributed by atoms with Gasteiger partial charge >= 0.3 is 11.9 Å². The molecule has 0 atom stereocenters. The zero-order chi connectivity index (χ0) is 15.1. The third-order valence-corrected chi connectivity index (χ3v) is 3.00. The normalized spacial score (nSPS) is 10.0. The molecule has 0 N–H and O–H groups in total. The molecule has 1 rings (SSSR count). The minimum atomic E-state index is -0.404. The summed E-state index contributed by atoms with van der Waals surface area (Å²) in [4.78, 5) is 29.0. The maximum atomic E-state index is 11.5. The molecular weight excluding hydrogens is 260 g/mol. The molecule has 1 aromatic rings. The van der Waals surface area contributed by atoms with Crippen molar-refractivity contribution in [3.8, 4) is 0 Å². The SMILES string of the molecule is CCN(CCC(=O)OC)c1ccc(C(=O)OC)c(C)n1. The standard InChI is InChI=1S/C14H20N2O4/c1-5-16(9-8-13(17)19-3)12-7-6-11(10(2)15-12)14(18)20-4/h6-7H,5,8-9H2,1-4H3. The fraction of sp³-hybridized carbons (Fsp3) is 0.500. The van der Waals surface area contributed by atoms with Crippen LogP contribution in [0.2, 0.25) is 0 Å². The Morgan fingerprint density at radius 3 is 2.45 bits per heavy atom. The number of methoxy groups -OCH3 is 2. The van der Waals surface area contributed by atoms with Crippen LogP contribution in [-0.4, -0.2) is 44.2 Å². The fourth-order valence-corrected chi connectivity index (χ4v) is 1.81. The maximum Gasteiger partial charge on any atom is 0.339 e. The van der Waals surface area contributed by atoms with Crippen LogP contribution in [0.3, 0.4) is 0 Å². The van der Waals surface area contributed by atoms with Crippen LogP contribution >= 0.6 is 0 Å². The van der Waals surface area contributed by atoms with Crippen LogP contribution in [0.25, 0.3) is 0 Å². The van der Waals surface area contributed by atoms with Gasteiger partial charge in [0.05, 0.1) is 31.9 Å². The van der Waals surface area contributed by atoms with Gasteiger partial charge in [0.15, 0.2) is 0 Å². The van der Waals surface area contributed by atoms with Crippen molar-refractivity contribution in [1.29, 1.82) is 0 Å². The van der Waals surface area contributed by atoms with Gasteiger partial charge in [0.2, 0.25) is 0 Å². The van der Waals surface area contributed by atoms with Gasteiger partial charge in [-0.1, -0.05) is 0 Å². The van der Waals surface area contributed by atoms with Crippen LogP contribution in [0.15, 0.2) is 12.1 Å². The Balaban J connectivity index is 2.86. The molecule has 0 spiro atoms. The van der Waals surface area contributed by atoms with E-state index in [-0.39, 0.29) is 5.97 Å². The summed E-state index contributed by atoms with van der Waals surface area (Å²) < 4.78 is 9.31. The first-order chi connectivity index (χ1) is 9.53. The van der Waals surface area contributed by atoms with E-state index in [0.717, 1.165) is 5.82 Å². The second-order valence-corrected chi connectivity index (χ2v) is 4.20. The fourth-order valence-electron chi connectivity index (χ4n) is 1.81. The quantitative estimate of drug-likeness (QED) is 0.737. The Kier molecular flexibility index (Phi) is 5.96. The van der Waals surface area contributed by atoms with Crippen LogP contribution in [0.1, 0.15) is 29.4 Å². The van der Waals surface area contributed by atoms with Crippen molar-refractivity contribution in [1.82, 2.24) is 4.98 Å². The van der Waals surface area contributed by atoms with Gasteiger partial charge in [0.25, 0.3) is 0 Å². The van der Waals surface area contributed by atoms with E-state index < -0.39 is 5.97 Å². The number of aryl methyl sites for hydroxylation is 1. The number of aromatic nitrogens is 1. The van der Waals surface area contributed by atoms with E-state index in [2.05, 4.69) is 14.5 Å². The number of carbonyl (C=O) groups is 2. The number of esters is 2. The highest BCUT2D eigenvalue weighted by atomic mass is 16.5. The molecule has 0 unspecified atom stereocenters. The second-order valence-electron chi connectivity index (χ2n) is 4.20. The van der Waals surface area contributed by atoms with Gasteiger partial charge in [0, 0.05) is 13.1 Å². The second kappa shape index (κ2) is 7.47. The highest BCUT2D eigenvalue weighted by Crippen LogP contribution is 2.16. The monoisotopic (exact) mass is 280 g/mol. The van der Waals surface area contributed by atoms with Crippen LogP contribution in [0.4, 0.5) is 5.82 Å². The molecular formula is C14H20N2O4. The van der Waals surface area contributed by atoms with Crippen molar-refractivity contribution in [2.24, 2.45) is 0 Å². The average Bonchev–Trinajstić information content (AvgIpc) is 2.46. The first-order valence-electron chi connectivity index (χ1n) is 6.41. The third kappa shape index (κ3) is 3.94. The van der Waals surface area contributed by atoms with E-state index >= 15 is 0 Å². The van der Waals surface area contributed by atoms with E-state index in [1.54, 1.807) is 19.1 Å². The van der Waals surface area contributed by atoms with Gasteiger partial charge in [0.1, 0.15) is 5.82 Å². The smallest absolute Gasteiger partial charge is 0.339 e. The first-order valence-corrected chi connectivity index (χ1v) is 6.41. The van der Waals surface area contributed by atoms with Gasteiger partial charge in [-0.15, -0.1) is 0 Å². The molecule has 6 nitrogen and oxygen atoms in total. The number of pyridine rings is 1. The molecule has 0 amide bonds. The molecule has 0 bridgehead atoms. The minimum absolute atomic E-state index is 0.258.